The van der Waals surface area contributed by atoms with Crippen LogP contribution in [0.25, 0.3) is 33.1 Å². The number of hydrogen-bond donors (Lipinski definition) is 2. The molecule has 28 heavy (non-hydrogen) atoms. The molecule has 5 rings (SSSR count). The van der Waals surface area contributed by atoms with Crippen molar-refractivity contribution in [3.63, 3.8) is 0 Å². The number of benzene rings is 2. The van der Waals surface area contributed by atoms with Gasteiger partial charge in [0, 0.05) is 23.0 Å². The van der Waals surface area contributed by atoms with E-state index in [4.69, 9.17) is 0 Å². The maximum atomic E-state index is 12.5. The van der Waals surface area contributed by atoms with Crippen molar-refractivity contribution in [2.45, 2.75) is 26.7 Å². The smallest absolute Gasteiger partial charge is 0.257 e. The van der Waals surface area contributed by atoms with Crippen LogP contribution in [-0.2, 0) is 6.42 Å². The molecule has 0 unspecified atom stereocenters. The molecule has 0 spiro atoms. The topological polar surface area (TPSA) is 51.9 Å². The minimum Gasteiger partial charge on any atom is -0.354 e. The third-order valence-corrected chi connectivity index (χ3v) is 5.39. The second-order valence-electron chi connectivity index (χ2n) is 7.15. The van der Waals surface area contributed by atoms with Gasteiger partial charge in [0.2, 0.25) is 0 Å². The Bertz CT molecular complexity index is 1150. The Kier molecular flexibility index (Phi) is 5.31. The van der Waals surface area contributed by atoms with Gasteiger partial charge in [0.25, 0.3) is 5.56 Å². The number of rotatable bonds is 4. The molecule has 2 aromatic carbocycles. The zero-order valence-electron chi connectivity index (χ0n) is 16.6. The number of para-hydroxylation sites is 1. The molecule has 4 nitrogen and oxygen atoms in total. The van der Waals surface area contributed by atoms with Crippen molar-refractivity contribution in [1.82, 2.24) is 14.9 Å². The summed E-state index contributed by atoms with van der Waals surface area (Å²) in [4.78, 5) is 21.4. The second kappa shape index (κ2) is 8.03. The van der Waals surface area contributed by atoms with Crippen LogP contribution in [0.1, 0.15) is 25.8 Å². The summed E-state index contributed by atoms with van der Waals surface area (Å²) in [6, 6.07) is 18.5. The molecule has 0 atom stereocenters. The van der Waals surface area contributed by atoms with Crippen molar-refractivity contribution in [2.75, 3.05) is 19.6 Å². The number of likely N-dealkylation sites (tertiary alicyclic amines) is 1. The Hall–Kier alpha value is -2.85. The zero-order valence-corrected chi connectivity index (χ0v) is 16.6. The van der Waals surface area contributed by atoms with E-state index in [1.165, 1.54) is 25.1 Å². The van der Waals surface area contributed by atoms with Gasteiger partial charge >= 0.3 is 0 Å². The van der Waals surface area contributed by atoms with Crippen molar-refractivity contribution >= 4 is 21.8 Å². The Morgan fingerprint density at radius 2 is 1.68 bits per heavy atom. The number of H-pyrrole nitrogens is 2. The summed E-state index contributed by atoms with van der Waals surface area (Å²) in [5, 5.41) is 2.20. The predicted molar refractivity (Wildman–Crippen MR) is 118 cm³/mol. The first-order valence-corrected chi connectivity index (χ1v) is 10.2. The quantitative estimate of drug-likeness (QED) is 0.532. The third-order valence-electron chi connectivity index (χ3n) is 5.39. The Balaban J connectivity index is 0.000000932. The van der Waals surface area contributed by atoms with E-state index in [9.17, 15) is 4.79 Å². The largest absolute Gasteiger partial charge is 0.354 e. The lowest BCUT2D eigenvalue weighted by Crippen LogP contribution is -2.38. The molecule has 2 aromatic heterocycles. The molecule has 1 fully saturated rings. The number of aromatic amines is 2. The maximum Gasteiger partial charge on any atom is 0.257 e. The van der Waals surface area contributed by atoms with E-state index in [1.54, 1.807) is 0 Å². The van der Waals surface area contributed by atoms with Crippen LogP contribution in [0, 0.1) is 0 Å². The monoisotopic (exact) mass is 373 g/mol. The molecule has 4 aromatic rings. The molecule has 144 valence electrons. The van der Waals surface area contributed by atoms with Crippen molar-refractivity contribution < 1.29 is 0 Å². The molecule has 0 aliphatic carbocycles. The fourth-order valence-electron chi connectivity index (χ4n) is 3.72. The third kappa shape index (κ3) is 3.60. The fourth-order valence-corrected chi connectivity index (χ4v) is 3.72. The average Bonchev–Trinajstić information content (AvgIpc) is 3.11. The lowest BCUT2D eigenvalue weighted by Gasteiger charge is -2.30. The minimum absolute atomic E-state index is 0.0618. The van der Waals surface area contributed by atoms with Crippen LogP contribution >= 0.6 is 0 Å². The van der Waals surface area contributed by atoms with E-state index >= 15 is 0 Å². The van der Waals surface area contributed by atoms with Gasteiger partial charge in [0.05, 0.1) is 11.3 Å². The second-order valence-corrected chi connectivity index (χ2v) is 7.15. The number of fused-ring (bicyclic) bond motifs is 2. The summed E-state index contributed by atoms with van der Waals surface area (Å²) in [5.74, 6) is 0. The first-order valence-electron chi connectivity index (χ1n) is 10.2. The normalized spacial score (nSPS) is 13.9. The van der Waals surface area contributed by atoms with Crippen LogP contribution < -0.4 is 5.56 Å². The predicted octanol–water partition coefficient (Wildman–Crippen LogP) is 4.95. The number of hydrogen-bond acceptors (Lipinski definition) is 2. The van der Waals surface area contributed by atoms with Gasteiger partial charge in [-0.25, -0.2) is 0 Å². The molecule has 0 saturated carbocycles. The Labute approximate surface area is 165 Å². The van der Waals surface area contributed by atoms with Crippen LogP contribution in [0.15, 0.2) is 59.4 Å². The van der Waals surface area contributed by atoms with E-state index in [1.807, 2.05) is 44.2 Å². The molecule has 1 aliphatic heterocycles. The van der Waals surface area contributed by atoms with Crippen LogP contribution in [0.2, 0.25) is 0 Å². The van der Waals surface area contributed by atoms with Gasteiger partial charge in [0.15, 0.2) is 0 Å². The van der Waals surface area contributed by atoms with Gasteiger partial charge in [-0.15, -0.1) is 0 Å². The van der Waals surface area contributed by atoms with Gasteiger partial charge in [-0.2, -0.15) is 0 Å². The molecule has 0 radical (unpaired) electrons. The highest BCUT2D eigenvalue weighted by Gasteiger charge is 2.13. The number of pyridine rings is 1. The molecule has 1 aliphatic rings. The number of nitrogens with zero attached hydrogens (tertiary/aromatic N) is 1. The van der Waals surface area contributed by atoms with Gasteiger partial charge in [-0.3, -0.25) is 4.79 Å². The van der Waals surface area contributed by atoms with Gasteiger partial charge in [-0.1, -0.05) is 38.1 Å². The summed E-state index contributed by atoms with van der Waals surface area (Å²) in [6.07, 6.45) is 2.41. The van der Waals surface area contributed by atoms with Gasteiger partial charge in [-0.05, 0) is 67.2 Å². The van der Waals surface area contributed by atoms with E-state index in [-0.39, 0.29) is 5.56 Å². The summed E-state index contributed by atoms with van der Waals surface area (Å²) in [7, 11) is 0. The highest BCUT2D eigenvalue weighted by Crippen LogP contribution is 2.25. The van der Waals surface area contributed by atoms with Crippen molar-refractivity contribution in [2.24, 2.45) is 0 Å². The molecule has 0 amide bonds. The van der Waals surface area contributed by atoms with Crippen molar-refractivity contribution in [1.29, 1.82) is 0 Å². The molecule has 2 N–H and O–H groups in total. The first-order chi connectivity index (χ1) is 13.8. The fraction of sp³-hybridized carbons (Fsp3) is 0.292. The van der Waals surface area contributed by atoms with Crippen LogP contribution in [0.4, 0.5) is 0 Å². The molecule has 4 heteroatoms. The van der Waals surface area contributed by atoms with E-state index < -0.39 is 0 Å². The van der Waals surface area contributed by atoms with Crippen LogP contribution in [0.3, 0.4) is 0 Å². The summed E-state index contributed by atoms with van der Waals surface area (Å²) < 4.78 is 0. The molecule has 0 bridgehead atoms. The Morgan fingerprint density at radius 3 is 2.46 bits per heavy atom. The van der Waals surface area contributed by atoms with Crippen LogP contribution in [0.5, 0.6) is 0 Å². The number of aromatic nitrogens is 2. The summed E-state index contributed by atoms with van der Waals surface area (Å²) in [5.41, 5.74) is 4.77. The zero-order chi connectivity index (χ0) is 19.5. The van der Waals surface area contributed by atoms with Gasteiger partial charge in [0.1, 0.15) is 0 Å². The van der Waals surface area contributed by atoms with E-state index in [0.29, 0.717) is 5.56 Å². The molecule has 3 heterocycles. The standard InChI is InChI=1S/C22H21N3O.C2H6/c26-22-18(13-16-4-1-2-5-19(16)24-22)21-14-17-12-15(6-7-20(17)23-21)8-11-25-9-3-10-25;1-2/h1-2,4-7,12-14,23H,3,8-11H2,(H,24,26);1-2H3. The minimum atomic E-state index is -0.0618. The van der Waals surface area contributed by atoms with E-state index in [0.717, 1.165) is 40.5 Å². The summed E-state index contributed by atoms with van der Waals surface area (Å²) >= 11 is 0. The van der Waals surface area contributed by atoms with Crippen molar-refractivity contribution in [3.05, 3.63) is 70.5 Å². The molecular weight excluding hydrogens is 346 g/mol. The maximum absolute atomic E-state index is 12.5. The highest BCUT2D eigenvalue weighted by molar-refractivity contribution is 5.89. The molecular formula is C24H27N3O. The van der Waals surface area contributed by atoms with E-state index in [2.05, 4.69) is 39.1 Å². The van der Waals surface area contributed by atoms with Crippen molar-refractivity contribution in [3.8, 4) is 11.3 Å². The summed E-state index contributed by atoms with van der Waals surface area (Å²) in [6.45, 7) is 7.61. The molecule has 1 saturated heterocycles. The first kappa shape index (κ1) is 18.5. The SMILES string of the molecule is CC.O=c1[nH]c2ccccc2cc1-c1cc2cc(CCN3CCC3)ccc2[nH]1. The number of nitrogens with one attached hydrogen (secondary N) is 2. The average molecular weight is 374 g/mol. The Morgan fingerprint density at radius 1 is 0.893 bits per heavy atom. The van der Waals surface area contributed by atoms with Gasteiger partial charge < -0.3 is 14.9 Å². The highest BCUT2D eigenvalue weighted by atomic mass is 16.1. The lowest BCUT2D eigenvalue weighted by molar-refractivity contribution is 0.184. The lowest BCUT2D eigenvalue weighted by atomic mass is 10.1. The van der Waals surface area contributed by atoms with Crippen LogP contribution in [-0.4, -0.2) is 34.5 Å².